The van der Waals surface area contributed by atoms with Crippen LogP contribution in [-0.2, 0) is 6.42 Å². The monoisotopic (exact) mass is 210 g/mol. The Bertz CT molecular complexity index is 266. The Morgan fingerprint density at radius 2 is 2.00 bits per heavy atom. The number of benzene rings is 1. The summed E-state index contributed by atoms with van der Waals surface area (Å²) in [6.45, 7) is 4.15. The first kappa shape index (κ1) is 11.1. The highest BCUT2D eigenvalue weighted by Gasteiger charge is 1.94. The molecule has 14 heavy (non-hydrogen) atoms. The van der Waals surface area contributed by atoms with E-state index in [1.807, 2.05) is 12.1 Å². The third-order valence-electron chi connectivity index (χ3n) is 1.89. The van der Waals surface area contributed by atoms with Crippen molar-refractivity contribution in [2.24, 2.45) is 0 Å². The van der Waals surface area contributed by atoms with E-state index in [1.165, 1.54) is 5.56 Å². The maximum atomic E-state index is 5.62. The van der Waals surface area contributed by atoms with E-state index in [4.69, 9.17) is 16.3 Å². The van der Waals surface area contributed by atoms with Crippen LogP contribution in [0.5, 0.6) is 5.75 Å². The van der Waals surface area contributed by atoms with Crippen molar-refractivity contribution < 1.29 is 4.74 Å². The normalized spacial score (nSPS) is 9.79. The Labute approximate surface area is 90.3 Å². The van der Waals surface area contributed by atoms with Gasteiger partial charge in [0.05, 0.1) is 0 Å². The van der Waals surface area contributed by atoms with Crippen LogP contribution < -0.4 is 4.74 Å². The Morgan fingerprint density at radius 3 is 2.57 bits per heavy atom. The molecule has 76 valence electrons. The molecule has 0 fully saturated rings. The molecule has 0 saturated heterocycles. The van der Waals surface area contributed by atoms with Gasteiger partial charge >= 0.3 is 0 Å². The van der Waals surface area contributed by atoms with Gasteiger partial charge in [-0.3, -0.25) is 0 Å². The fourth-order valence-electron chi connectivity index (χ4n) is 1.18. The Morgan fingerprint density at radius 1 is 1.29 bits per heavy atom. The average Bonchev–Trinajstić information content (AvgIpc) is 2.25. The molecule has 0 N–H and O–H groups in total. The molecule has 0 spiro atoms. The number of aryl methyl sites for hydroxylation is 1. The highest BCUT2D eigenvalue weighted by atomic mass is 35.5. The minimum atomic E-state index is 0.557. The first-order valence-corrected chi connectivity index (χ1v) is 5.29. The lowest BCUT2D eigenvalue weighted by atomic mass is 10.1. The number of rotatable bonds is 6. The van der Waals surface area contributed by atoms with Crippen LogP contribution in [0.4, 0.5) is 0 Å². The molecule has 0 aromatic heterocycles. The van der Waals surface area contributed by atoms with Gasteiger partial charge in [0.1, 0.15) is 12.4 Å². The molecule has 0 heterocycles. The second-order valence-corrected chi connectivity index (χ2v) is 3.41. The molecule has 0 radical (unpaired) electrons. The van der Waals surface area contributed by atoms with E-state index in [2.05, 4.69) is 18.7 Å². The van der Waals surface area contributed by atoms with Crippen LogP contribution >= 0.6 is 11.6 Å². The van der Waals surface area contributed by atoms with Crippen molar-refractivity contribution in [3.63, 3.8) is 0 Å². The van der Waals surface area contributed by atoms with E-state index in [9.17, 15) is 0 Å². The molecule has 0 aliphatic carbocycles. The van der Waals surface area contributed by atoms with Gasteiger partial charge in [-0.2, -0.15) is 0 Å². The van der Waals surface area contributed by atoms with E-state index in [0.717, 1.165) is 18.6 Å². The van der Waals surface area contributed by atoms with Crippen molar-refractivity contribution in [1.29, 1.82) is 0 Å². The minimum Gasteiger partial charge on any atom is -0.490 e. The first-order valence-electron chi connectivity index (χ1n) is 4.75. The molecule has 1 rings (SSSR count). The molecule has 0 aliphatic rings. The molecule has 0 aliphatic heterocycles. The summed E-state index contributed by atoms with van der Waals surface area (Å²) in [5.74, 6) is 1.61. The third kappa shape index (κ3) is 3.84. The number of ether oxygens (including phenoxy) is 1. The zero-order chi connectivity index (χ0) is 10.2. The number of hydrogen-bond donors (Lipinski definition) is 0. The van der Waals surface area contributed by atoms with E-state index in [-0.39, 0.29) is 0 Å². The number of alkyl halides is 1. The summed E-state index contributed by atoms with van der Waals surface area (Å²) in [6.07, 6.45) is 3.79. The SMILES string of the molecule is C=CCOc1ccc(CCCCl)cc1. The summed E-state index contributed by atoms with van der Waals surface area (Å²) in [7, 11) is 0. The lowest BCUT2D eigenvalue weighted by Gasteiger charge is -2.04. The maximum Gasteiger partial charge on any atom is 0.119 e. The van der Waals surface area contributed by atoms with Gasteiger partial charge in [-0.05, 0) is 30.5 Å². The van der Waals surface area contributed by atoms with Crippen LogP contribution in [0, 0.1) is 0 Å². The largest absolute Gasteiger partial charge is 0.490 e. The van der Waals surface area contributed by atoms with Gasteiger partial charge in [0, 0.05) is 5.88 Å². The van der Waals surface area contributed by atoms with Crippen molar-refractivity contribution in [2.75, 3.05) is 12.5 Å². The van der Waals surface area contributed by atoms with Crippen LogP contribution in [0.3, 0.4) is 0 Å². The van der Waals surface area contributed by atoms with Crippen molar-refractivity contribution in [1.82, 2.24) is 0 Å². The van der Waals surface area contributed by atoms with Gasteiger partial charge in [0.2, 0.25) is 0 Å². The summed E-state index contributed by atoms with van der Waals surface area (Å²) < 4.78 is 5.37. The molecule has 1 aromatic carbocycles. The molecule has 2 heteroatoms. The number of halogens is 1. The van der Waals surface area contributed by atoms with Crippen molar-refractivity contribution in [3.8, 4) is 5.75 Å². The predicted octanol–water partition coefficient (Wildman–Crippen LogP) is 3.42. The summed E-state index contributed by atoms with van der Waals surface area (Å²) in [5, 5.41) is 0. The van der Waals surface area contributed by atoms with Gasteiger partial charge in [0.25, 0.3) is 0 Å². The van der Waals surface area contributed by atoms with Crippen molar-refractivity contribution in [2.45, 2.75) is 12.8 Å². The second kappa shape index (κ2) is 6.50. The van der Waals surface area contributed by atoms with Crippen LogP contribution in [0.1, 0.15) is 12.0 Å². The van der Waals surface area contributed by atoms with E-state index < -0.39 is 0 Å². The van der Waals surface area contributed by atoms with Gasteiger partial charge < -0.3 is 4.74 Å². The van der Waals surface area contributed by atoms with Gasteiger partial charge in [-0.15, -0.1) is 11.6 Å². The second-order valence-electron chi connectivity index (χ2n) is 3.04. The third-order valence-corrected chi connectivity index (χ3v) is 2.16. The summed E-state index contributed by atoms with van der Waals surface area (Å²) in [4.78, 5) is 0. The van der Waals surface area contributed by atoms with Crippen molar-refractivity contribution >= 4 is 11.6 Å². The lowest BCUT2D eigenvalue weighted by Crippen LogP contribution is -1.93. The maximum absolute atomic E-state index is 5.62. The molecular formula is C12H15ClO. The van der Waals surface area contributed by atoms with E-state index >= 15 is 0 Å². The van der Waals surface area contributed by atoms with Gasteiger partial charge in [-0.1, -0.05) is 24.8 Å². The Kier molecular flexibility index (Phi) is 5.16. The van der Waals surface area contributed by atoms with E-state index in [0.29, 0.717) is 12.5 Å². The highest BCUT2D eigenvalue weighted by molar-refractivity contribution is 6.17. The topological polar surface area (TPSA) is 9.23 Å². The average molecular weight is 211 g/mol. The smallest absolute Gasteiger partial charge is 0.119 e. The number of hydrogen-bond acceptors (Lipinski definition) is 1. The highest BCUT2D eigenvalue weighted by Crippen LogP contribution is 2.13. The zero-order valence-electron chi connectivity index (χ0n) is 8.21. The fraction of sp³-hybridized carbons (Fsp3) is 0.333. The Balaban J connectivity index is 2.46. The molecule has 0 unspecified atom stereocenters. The zero-order valence-corrected chi connectivity index (χ0v) is 8.96. The van der Waals surface area contributed by atoms with E-state index in [1.54, 1.807) is 6.08 Å². The van der Waals surface area contributed by atoms with Crippen LogP contribution in [-0.4, -0.2) is 12.5 Å². The molecule has 1 nitrogen and oxygen atoms in total. The Hall–Kier alpha value is -0.950. The quantitative estimate of drug-likeness (QED) is 0.517. The predicted molar refractivity (Wildman–Crippen MR) is 61.2 cm³/mol. The van der Waals surface area contributed by atoms with Crippen LogP contribution in [0.25, 0.3) is 0 Å². The standard InChI is InChI=1S/C12H15ClO/c1-2-10-14-12-7-5-11(6-8-12)4-3-9-13/h2,5-8H,1,3-4,9-10H2. The molecule has 0 atom stereocenters. The molecule has 0 bridgehead atoms. The summed E-state index contributed by atoms with van der Waals surface area (Å²) >= 11 is 5.62. The minimum absolute atomic E-state index is 0.557. The summed E-state index contributed by atoms with van der Waals surface area (Å²) in [5.41, 5.74) is 1.30. The summed E-state index contributed by atoms with van der Waals surface area (Å²) in [6, 6.07) is 8.11. The van der Waals surface area contributed by atoms with Crippen molar-refractivity contribution in [3.05, 3.63) is 42.5 Å². The van der Waals surface area contributed by atoms with Crippen LogP contribution in [0.15, 0.2) is 36.9 Å². The lowest BCUT2D eigenvalue weighted by molar-refractivity contribution is 0.363. The molecular weight excluding hydrogens is 196 g/mol. The molecule has 0 saturated carbocycles. The van der Waals surface area contributed by atoms with Gasteiger partial charge in [0.15, 0.2) is 0 Å². The molecule has 1 aromatic rings. The first-order chi connectivity index (χ1) is 6.86. The fourth-order valence-corrected chi connectivity index (χ4v) is 1.31. The van der Waals surface area contributed by atoms with Gasteiger partial charge in [-0.25, -0.2) is 0 Å². The van der Waals surface area contributed by atoms with Crippen LogP contribution in [0.2, 0.25) is 0 Å². The molecule has 0 amide bonds.